The number of methoxy groups -OCH3 is 1. The summed E-state index contributed by atoms with van der Waals surface area (Å²) in [5, 5.41) is 2.96. The number of hydrogen-bond donors (Lipinski definition) is 1. The SMILES string of the molecule is CC[C@@H](C)NC(=O)CCc1ccc(OC)cc1. The average Bonchev–Trinajstić information content (AvgIpc) is 2.36. The molecule has 0 aliphatic heterocycles. The van der Waals surface area contributed by atoms with Crippen molar-refractivity contribution in [3.05, 3.63) is 29.8 Å². The molecule has 1 aromatic carbocycles. The standard InChI is InChI=1S/C14H21NO2/c1-4-11(2)15-14(16)10-7-12-5-8-13(17-3)9-6-12/h5-6,8-9,11H,4,7,10H2,1-3H3,(H,15,16)/t11-/m1/s1. The van der Waals surface area contributed by atoms with Gasteiger partial charge in [0, 0.05) is 12.5 Å². The number of carbonyl (C=O) groups is 1. The molecule has 1 atom stereocenters. The normalized spacial score (nSPS) is 11.9. The van der Waals surface area contributed by atoms with Crippen molar-refractivity contribution in [1.29, 1.82) is 0 Å². The molecule has 0 saturated carbocycles. The first-order valence-electron chi connectivity index (χ1n) is 6.08. The van der Waals surface area contributed by atoms with Gasteiger partial charge in [0.2, 0.25) is 5.91 Å². The van der Waals surface area contributed by atoms with Crippen LogP contribution in [0.5, 0.6) is 5.75 Å². The second kappa shape index (κ2) is 6.94. The third-order valence-corrected chi connectivity index (χ3v) is 2.82. The predicted molar refractivity (Wildman–Crippen MR) is 69.2 cm³/mol. The summed E-state index contributed by atoms with van der Waals surface area (Å²) in [6.07, 6.45) is 2.28. The highest BCUT2D eigenvalue weighted by atomic mass is 16.5. The molecule has 3 nitrogen and oxygen atoms in total. The van der Waals surface area contributed by atoms with Crippen LogP contribution in [0.2, 0.25) is 0 Å². The van der Waals surface area contributed by atoms with Gasteiger partial charge in [-0.25, -0.2) is 0 Å². The van der Waals surface area contributed by atoms with Crippen molar-refractivity contribution in [2.45, 2.75) is 39.2 Å². The molecule has 0 fully saturated rings. The number of nitrogens with one attached hydrogen (secondary N) is 1. The van der Waals surface area contributed by atoms with E-state index < -0.39 is 0 Å². The fourth-order valence-corrected chi connectivity index (χ4v) is 1.50. The lowest BCUT2D eigenvalue weighted by molar-refractivity contribution is -0.121. The molecule has 94 valence electrons. The highest BCUT2D eigenvalue weighted by Gasteiger charge is 2.05. The summed E-state index contributed by atoms with van der Waals surface area (Å²) in [6.45, 7) is 4.08. The number of carbonyl (C=O) groups excluding carboxylic acids is 1. The zero-order valence-corrected chi connectivity index (χ0v) is 10.8. The second-order valence-corrected chi connectivity index (χ2v) is 4.22. The molecule has 3 heteroatoms. The summed E-state index contributed by atoms with van der Waals surface area (Å²) in [6, 6.07) is 8.09. The van der Waals surface area contributed by atoms with Gasteiger partial charge in [0.05, 0.1) is 7.11 Å². The molecule has 0 aromatic heterocycles. The van der Waals surface area contributed by atoms with Gasteiger partial charge in [-0.15, -0.1) is 0 Å². The van der Waals surface area contributed by atoms with Crippen LogP contribution in [0.25, 0.3) is 0 Å². The predicted octanol–water partition coefficient (Wildman–Crippen LogP) is 2.54. The van der Waals surface area contributed by atoms with E-state index in [-0.39, 0.29) is 11.9 Å². The average molecular weight is 235 g/mol. The lowest BCUT2D eigenvalue weighted by Gasteiger charge is -2.11. The molecule has 1 N–H and O–H groups in total. The topological polar surface area (TPSA) is 38.3 Å². The smallest absolute Gasteiger partial charge is 0.220 e. The Bertz CT molecular complexity index is 346. The summed E-state index contributed by atoms with van der Waals surface area (Å²) in [7, 11) is 1.65. The van der Waals surface area contributed by atoms with Gasteiger partial charge in [0.15, 0.2) is 0 Å². The fraction of sp³-hybridized carbons (Fsp3) is 0.500. The van der Waals surface area contributed by atoms with Crippen LogP contribution >= 0.6 is 0 Å². The Morgan fingerprint density at radius 3 is 2.53 bits per heavy atom. The second-order valence-electron chi connectivity index (χ2n) is 4.22. The maximum atomic E-state index is 11.6. The Labute approximate surface area is 103 Å². The maximum absolute atomic E-state index is 11.6. The van der Waals surface area contributed by atoms with E-state index in [1.54, 1.807) is 7.11 Å². The van der Waals surface area contributed by atoms with E-state index in [1.807, 2.05) is 31.2 Å². The van der Waals surface area contributed by atoms with E-state index in [9.17, 15) is 4.79 Å². The summed E-state index contributed by atoms with van der Waals surface area (Å²) in [5.74, 6) is 0.966. The van der Waals surface area contributed by atoms with Crippen molar-refractivity contribution >= 4 is 5.91 Å². The number of rotatable bonds is 6. The molecule has 1 amide bonds. The number of amides is 1. The van der Waals surface area contributed by atoms with E-state index in [1.165, 1.54) is 0 Å². The van der Waals surface area contributed by atoms with Gasteiger partial charge < -0.3 is 10.1 Å². The molecule has 0 aliphatic rings. The van der Waals surface area contributed by atoms with Gasteiger partial charge >= 0.3 is 0 Å². The first kappa shape index (κ1) is 13.6. The van der Waals surface area contributed by atoms with Crippen molar-refractivity contribution in [3.63, 3.8) is 0 Å². The van der Waals surface area contributed by atoms with Crippen molar-refractivity contribution < 1.29 is 9.53 Å². The van der Waals surface area contributed by atoms with E-state index in [4.69, 9.17) is 4.74 Å². The molecule has 17 heavy (non-hydrogen) atoms. The zero-order valence-electron chi connectivity index (χ0n) is 10.8. The van der Waals surface area contributed by atoms with Crippen LogP contribution in [0.3, 0.4) is 0 Å². The summed E-state index contributed by atoms with van der Waals surface area (Å²) >= 11 is 0. The lowest BCUT2D eigenvalue weighted by Crippen LogP contribution is -2.31. The highest BCUT2D eigenvalue weighted by molar-refractivity contribution is 5.76. The molecule has 1 aromatic rings. The van der Waals surface area contributed by atoms with Crippen LogP contribution in [-0.2, 0) is 11.2 Å². The highest BCUT2D eigenvalue weighted by Crippen LogP contribution is 2.12. The third kappa shape index (κ3) is 4.89. The van der Waals surface area contributed by atoms with Crippen LogP contribution in [0.4, 0.5) is 0 Å². The van der Waals surface area contributed by atoms with Crippen LogP contribution < -0.4 is 10.1 Å². The molecule has 1 rings (SSSR count). The van der Waals surface area contributed by atoms with Crippen LogP contribution in [0.15, 0.2) is 24.3 Å². The number of ether oxygens (including phenoxy) is 1. The quantitative estimate of drug-likeness (QED) is 0.823. The lowest BCUT2D eigenvalue weighted by atomic mass is 10.1. The van der Waals surface area contributed by atoms with Crippen molar-refractivity contribution in [1.82, 2.24) is 5.32 Å². The molecule has 0 aliphatic carbocycles. The first-order valence-corrected chi connectivity index (χ1v) is 6.08. The van der Waals surface area contributed by atoms with Crippen molar-refractivity contribution in [3.8, 4) is 5.75 Å². The number of aryl methyl sites for hydroxylation is 1. The Hall–Kier alpha value is -1.51. The molecule has 0 heterocycles. The Morgan fingerprint density at radius 1 is 1.35 bits per heavy atom. The molecular weight excluding hydrogens is 214 g/mol. The van der Waals surface area contributed by atoms with E-state index in [0.717, 1.165) is 24.2 Å². The Balaban J connectivity index is 2.36. The minimum atomic E-state index is 0.121. The maximum Gasteiger partial charge on any atom is 0.220 e. The number of benzene rings is 1. The van der Waals surface area contributed by atoms with Gasteiger partial charge in [-0.1, -0.05) is 19.1 Å². The van der Waals surface area contributed by atoms with Crippen LogP contribution in [0.1, 0.15) is 32.3 Å². The minimum Gasteiger partial charge on any atom is -0.497 e. The Morgan fingerprint density at radius 2 is 2.00 bits per heavy atom. The molecule has 0 radical (unpaired) electrons. The van der Waals surface area contributed by atoms with Crippen LogP contribution in [0, 0.1) is 0 Å². The van der Waals surface area contributed by atoms with Crippen molar-refractivity contribution in [2.24, 2.45) is 0 Å². The number of hydrogen-bond acceptors (Lipinski definition) is 2. The molecule has 0 spiro atoms. The van der Waals surface area contributed by atoms with Gasteiger partial charge in [0.25, 0.3) is 0 Å². The van der Waals surface area contributed by atoms with Crippen LogP contribution in [-0.4, -0.2) is 19.1 Å². The Kier molecular flexibility index (Phi) is 5.53. The third-order valence-electron chi connectivity index (χ3n) is 2.82. The largest absolute Gasteiger partial charge is 0.497 e. The fourth-order valence-electron chi connectivity index (χ4n) is 1.50. The van der Waals surface area contributed by atoms with E-state index >= 15 is 0 Å². The summed E-state index contributed by atoms with van der Waals surface area (Å²) in [5.41, 5.74) is 1.16. The van der Waals surface area contributed by atoms with E-state index in [2.05, 4.69) is 12.2 Å². The van der Waals surface area contributed by atoms with E-state index in [0.29, 0.717) is 6.42 Å². The zero-order chi connectivity index (χ0) is 12.7. The summed E-state index contributed by atoms with van der Waals surface area (Å²) in [4.78, 5) is 11.6. The van der Waals surface area contributed by atoms with Gasteiger partial charge in [-0.3, -0.25) is 4.79 Å². The summed E-state index contributed by atoms with van der Waals surface area (Å²) < 4.78 is 5.08. The van der Waals surface area contributed by atoms with Gasteiger partial charge in [0.1, 0.15) is 5.75 Å². The molecular formula is C14H21NO2. The monoisotopic (exact) mass is 235 g/mol. The molecule has 0 unspecified atom stereocenters. The van der Waals surface area contributed by atoms with Gasteiger partial charge in [-0.05, 0) is 37.5 Å². The first-order chi connectivity index (χ1) is 8.15. The molecule has 0 bridgehead atoms. The van der Waals surface area contributed by atoms with Gasteiger partial charge in [-0.2, -0.15) is 0 Å². The minimum absolute atomic E-state index is 0.121. The van der Waals surface area contributed by atoms with Crippen molar-refractivity contribution in [2.75, 3.05) is 7.11 Å². The molecule has 0 saturated heterocycles.